The third-order valence-electron chi connectivity index (χ3n) is 4.69. The molecule has 1 aromatic rings. The monoisotopic (exact) mass is 293 g/mol. The van der Waals surface area contributed by atoms with Gasteiger partial charge in [0.05, 0.1) is 18.8 Å². The van der Waals surface area contributed by atoms with E-state index < -0.39 is 0 Å². The van der Waals surface area contributed by atoms with Crippen LogP contribution in [0.1, 0.15) is 38.4 Å². The van der Waals surface area contributed by atoms with Crippen LogP contribution in [0.3, 0.4) is 0 Å². The van der Waals surface area contributed by atoms with E-state index in [4.69, 9.17) is 4.42 Å². The average Bonchev–Trinajstić information content (AvgIpc) is 3.04. The van der Waals surface area contributed by atoms with Crippen molar-refractivity contribution in [3.8, 4) is 0 Å². The molecule has 5 heteroatoms. The van der Waals surface area contributed by atoms with E-state index in [9.17, 15) is 4.79 Å². The predicted octanol–water partition coefficient (Wildman–Crippen LogP) is 1.75. The van der Waals surface area contributed by atoms with E-state index in [-0.39, 0.29) is 11.9 Å². The van der Waals surface area contributed by atoms with Gasteiger partial charge in [0.15, 0.2) is 0 Å². The van der Waals surface area contributed by atoms with E-state index in [1.165, 1.54) is 12.8 Å². The van der Waals surface area contributed by atoms with Gasteiger partial charge in [-0.3, -0.25) is 9.69 Å². The third-order valence-corrected chi connectivity index (χ3v) is 4.69. The fraction of sp³-hybridized carbons (Fsp3) is 0.688. The normalized spacial score (nSPS) is 24.0. The molecular formula is C16H27N3O2. The summed E-state index contributed by atoms with van der Waals surface area (Å²) >= 11 is 0. The van der Waals surface area contributed by atoms with Gasteiger partial charge in [-0.05, 0) is 58.8 Å². The number of nitrogens with zero attached hydrogens (tertiary/aromatic N) is 1. The second kappa shape index (κ2) is 7.61. The molecule has 0 aromatic carbocycles. The van der Waals surface area contributed by atoms with Crippen molar-refractivity contribution in [1.82, 2.24) is 15.5 Å². The Balaban J connectivity index is 1.78. The van der Waals surface area contributed by atoms with Gasteiger partial charge in [0, 0.05) is 12.1 Å². The standard InChI is InChI=1S/C16H27N3O2/c1-12(16(20)18-11-15-5-4-10-21-15)19(3)14-8-6-13(17-2)7-9-14/h4-5,10,12-14,17H,6-9,11H2,1-3H3,(H,18,20). The fourth-order valence-electron chi connectivity index (χ4n) is 3.01. The Labute approximate surface area is 127 Å². The second-order valence-corrected chi connectivity index (χ2v) is 5.93. The number of carbonyl (C=O) groups is 1. The molecule has 1 aliphatic rings. The molecule has 21 heavy (non-hydrogen) atoms. The number of hydrogen-bond acceptors (Lipinski definition) is 4. The minimum Gasteiger partial charge on any atom is -0.467 e. The molecule has 1 fully saturated rings. The molecule has 1 amide bonds. The number of carbonyl (C=O) groups excluding carboxylic acids is 1. The Morgan fingerprint density at radius 1 is 1.43 bits per heavy atom. The maximum atomic E-state index is 12.2. The molecule has 2 rings (SSSR count). The third kappa shape index (κ3) is 4.32. The summed E-state index contributed by atoms with van der Waals surface area (Å²) in [5, 5.41) is 6.28. The summed E-state index contributed by atoms with van der Waals surface area (Å²) in [6, 6.07) is 4.72. The lowest BCUT2D eigenvalue weighted by Gasteiger charge is -2.37. The summed E-state index contributed by atoms with van der Waals surface area (Å²) < 4.78 is 5.23. The summed E-state index contributed by atoms with van der Waals surface area (Å²) in [5.74, 6) is 0.845. The zero-order valence-corrected chi connectivity index (χ0v) is 13.3. The Hall–Kier alpha value is -1.33. The van der Waals surface area contributed by atoms with E-state index in [0.717, 1.165) is 18.6 Å². The van der Waals surface area contributed by atoms with Gasteiger partial charge in [0.25, 0.3) is 0 Å². The fourth-order valence-corrected chi connectivity index (χ4v) is 3.01. The van der Waals surface area contributed by atoms with E-state index >= 15 is 0 Å². The van der Waals surface area contributed by atoms with Crippen LogP contribution in [0.15, 0.2) is 22.8 Å². The first-order valence-corrected chi connectivity index (χ1v) is 7.81. The van der Waals surface area contributed by atoms with Gasteiger partial charge in [-0.25, -0.2) is 0 Å². The molecule has 1 atom stereocenters. The maximum absolute atomic E-state index is 12.2. The molecule has 1 aromatic heterocycles. The van der Waals surface area contributed by atoms with Crippen LogP contribution in [0.25, 0.3) is 0 Å². The number of likely N-dealkylation sites (N-methyl/N-ethyl adjacent to an activating group) is 1. The molecule has 118 valence electrons. The van der Waals surface area contributed by atoms with E-state index in [1.54, 1.807) is 6.26 Å². The molecule has 0 spiro atoms. The first-order chi connectivity index (χ1) is 10.1. The van der Waals surface area contributed by atoms with Crippen LogP contribution >= 0.6 is 0 Å². The molecule has 2 N–H and O–H groups in total. The van der Waals surface area contributed by atoms with E-state index in [2.05, 4.69) is 22.6 Å². The van der Waals surface area contributed by atoms with Crippen molar-refractivity contribution in [2.75, 3.05) is 14.1 Å². The number of rotatable bonds is 6. The van der Waals surface area contributed by atoms with Gasteiger partial charge < -0.3 is 15.1 Å². The Morgan fingerprint density at radius 2 is 2.14 bits per heavy atom. The zero-order chi connectivity index (χ0) is 15.2. The SMILES string of the molecule is CNC1CCC(N(C)C(C)C(=O)NCc2ccco2)CC1. The summed E-state index contributed by atoms with van der Waals surface area (Å²) in [4.78, 5) is 14.4. The second-order valence-electron chi connectivity index (χ2n) is 5.93. The highest BCUT2D eigenvalue weighted by Crippen LogP contribution is 2.23. The first kappa shape index (κ1) is 16.0. The summed E-state index contributed by atoms with van der Waals surface area (Å²) in [6.45, 7) is 2.43. The van der Waals surface area contributed by atoms with Gasteiger partial charge in [0.2, 0.25) is 5.91 Å². The highest BCUT2D eigenvalue weighted by Gasteiger charge is 2.28. The molecule has 5 nitrogen and oxygen atoms in total. The van der Waals surface area contributed by atoms with Crippen molar-refractivity contribution in [1.29, 1.82) is 0 Å². The van der Waals surface area contributed by atoms with Gasteiger partial charge >= 0.3 is 0 Å². The van der Waals surface area contributed by atoms with E-state index in [0.29, 0.717) is 18.6 Å². The number of furan rings is 1. The van der Waals surface area contributed by atoms with Crippen molar-refractivity contribution in [3.63, 3.8) is 0 Å². The number of hydrogen-bond donors (Lipinski definition) is 2. The lowest BCUT2D eigenvalue weighted by atomic mass is 9.90. The van der Waals surface area contributed by atoms with Gasteiger partial charge in [-0.1, -0.05) is 0 Å². The largest absolute Gasteiger partial charge is 0.467 e. The highest BCUT2D eigenvalue weighted by atomic mass is 16.3. The van der Waals surface area contributed by atoms with Crippen molar-refractivity contribution in [3.05, 3.63) is 24.2 Å². The zero-order valence-electron chi connectivity index (χ0n) is 13.3. The minimum absolute atomic E-state index is 0.0599. The van der Waals surface area contributed by atoms with Crippen molar-refractivity contribution in [2.24, 2.45) is 0 Å². The first-order valence-electron chi connectivity index (χ1n) is 7.81. The quantitative estimate of drug-likeness (QED) is 0.839. The van der Waals surface area contributed by atoms with Crippen LogP contribution in [0.2, 0.25) is 0 Å². The molecular weight excluding hydrogens is 266 g/mol. The predicted molar refractivity (Wildman–Crippen MR) is 82.9 cm³/mol. The van der Waals surface area contributed by atoms with Crippen LogP contribution in [-0.2, 0) is 11.3 Å². The minimum atomic E-state index is -0.115. The molecule has 0 radical (unpaired) electrons. The lowest BCUT2D eigenvalue weighted by Crippen LogP contribution is -2.49. The summed E-state index contributed by atoms with van der Waals surface area (Å²) in [6.07, 6.45) is 6.30. The lowest BCUT2D eigenvalue weighted by molar-refractivity contribution is -0.126. The molecule has 0 aliphatic heterocycles. The Morgan fingerprint density at radius 3 is 2.71 bits per heavy atom. The molecule has 0 saturated heterocycles. The number of nitrogens with one attached hydrogen (secondary N) is 2. The Kier molecular flexibility index (Phi) is 5.82. The van der Waals surface area contributed by atoms with Gasteiger partial charge in [-0.2, -0.15) is 0 Å². The topological polar surface area (TPSA) is 57.5 Å². The summed E-state index contributed by atoms with van der Waals surface area (Å²) in [7, 11) is 4.08. The number of amides is 1. The average molecular weight is 293 g/mol. The summed E-state index contributed by atoms with van der Waals surface area (Å²) in [5.41, 5.74) is 0. The smallest absolute Gasteiger partial charge is 0.237 e. The molecule has 0 bridgehead atoms. The van der Waals surface area contributed by atoms with Gasteiger partial charge in [0.1, 0.15) is 5.76 Å². The van der Waals surface area contributed by atoms with Crippen LogP contribution in [0, 0.1) is 0 Å². The van der Waals surface area contributed by atoms with Crippen LogP contribution < -0.4 is 10.6 Å². The van der Waals surface area contributed by atoms with E-state index in [1.807, 2.05) is 26.1 Å². The Bertz CT molecular complexity index is 425. The van der Waals surface area contributed by atoms with Crippen molar-refractivity contribution < 1.29 is 9.21 Å². The molecule has 1 aliphatic carbocycles. The van der Waals surface area contributed by atoms with Crippen molar-refractivity contribution >= 4 is 5.91 Å². The van der Waals surface area contributed by atoms with Crippen LogP contribution in [-0.4, -0.2) is 43.0 Å². The maximum Gasteiger partial charge on any atom is 0.237 e. The molecule has 1 saturated carbocycles. The molecule has 1 unspecified atom stereocenters. The van der Waals surface area contributed by atoms with Crippen LogP contribution in [0.5, 0.6) is 0 Å². The highest BCUT2D eigenvalue weighted by molar-refractivity contribution is 5.81. The van der Waals surface area contributed by atoms with Gasteiger partial charge in [-0.15, -0.1) is 0 Å². The molecule has 1 heterocycles. The van der Waals surface area contributed by atoms with Crippen LogP contribution in [0.4, 0.5) is 0 Å². The van der Waals surface area contributed by atoms with Crippen molar-refractivity contribution in [2.45, 2.75) is 57.3 Å².